The number of aromatic nitrogens is 1. The van der Waals surface area contributed by atoms with Crippen LogP contribution in [0.4, 0.5) is 4.79 Å². The van der Waals surface area contributed by atoms with Crippen LogP contribution in [-0.2, 0) is 32.9 Å². The molecule has 1 amide bonds. The lowest BCUT2D eigenvalue weighted by Crippen LogP contribution is -2.30. The van der Waals surface area contributed by atoms with Crippen molar-refractivity contribution in [2.75, 3.05) is 19.8 Å². The highest BCUT2D eigenvalue weighted by atomic mass is 32.2. The van der Waals surface area contributed by atoms with E-state index in [1.165, 1.54) is 0 Å². The highest BCUT2D eigenvalue weighted by molar-refractivity contribution is 8.26. The number of nitrogens with one attached hydrogen (secondary N) is 1. The summed E-state index contributed by atoms with van der Waals surface area (Å²) in [6.07, 6.45) is 2.96. The number of carbonyl (C=O) groups is 2. The van der Waals surface area contributed by atoms with Gasteiger partial charge in [0.05, 0.1) is 19.8 Å². The predicted molar refractivity (Wildman–Crippen MR) is 108 cm³/mol. The summed E-state index contributed by atoms with van der Waals surface area (Å²) < 4.78 is 17.1. The summed E-state index contributed by atoms with van der Waals surface area (Å²) in [5.74, 6) is 0.0516. The molecule has 8 heteroatoms. The van der Waals surface area contributed by atoms with Crippen molar-refractivity contribution in [1.82, 2.24) is 10.3 Å². The second kappa shape index (κ2) is 8.52. The molecular weight excluding hydrogens is 392 g/mol. The Labute approximate surface area is 173 Å². The van der Waals surface area contributed by atoms with Crippen molar-refractivity contribution in [3.8, 4) is 5.75 Å². The van der Waals surface area contributed by atoms with Gasteiger partial charge in [-0.15, -0.1) is 0 Å². The summed E-state index contributed by atoms with van der Waals surface area (Å²) >= 11 is 0.734. The normalized spacial score (nSPS) is 20.7. The molecule has 0 saturated carbocycles. The minimum atomic E-state index is -0.700. The van der Waals surface area contributed by atoms with Gasteiger partial charge < -0.3 is 19.5 Å². The molecule has 1 N–H and O–H groups in total. The van der Waals surface area contributed by atoms with Crippen LogP contribution >= 0.6 is 11.8 Å². The summed E-state index contributed by atoms with van der Waals surface area (Å²) in [6.45, 7) is 3.59. The summed E-state index contributed by atoms with van der Waals surface area (Å²) in [7, 11) is 0. The maximum atomic E-state index is 11.7. The Morgan fingerprint density at radius 1 is 1.17 bits per heavy atom. The Morgan fingerprint density at radius 3 is 2.55 bits per heavy atom. The van der Waals surface area contributed by atoms with E-state index in [1.54, 1.807) is 6.20 Å². The van der Waals surface area contributed by atoms with E-state index in [4.69, 9.17) is 14.2 Å². The van der Waals surface area contributed by atoms with Gasteiger partial charge in [-0.05, 0) is 30.7 Å². The lowest BCUT2D eigenvalue weighted by molar-refractivity contribution is -0.149. The third-order valence-electron chi connectivity index (χ3n) is 4.95. The highest BCUT2D eigenvalue weighted by Gasteiger charge is 2.33. The molecule has 29 heavy (non-hydrogen) atoms. The molecule has 2 aromatic rings. The van der Waals surface area contributed by atoms with Crippen LogP contribution < -0.4 is 10.1 Å². The quantitative estimate of drug-likeness (QED) is 0.745. The number of benzene rings is 1. The zero-order chi connectivity index (χ0) is 20.3. The van der Waals surface area contributed by atoms with Crippen LogP contribution in [0.1, 0.15) is 23.7 Å². The van der Waals surface area contributed by atoms with Crippen molar-refractivity contribution >= 4 is 22.1 Å². The van der Waals surface area contributed by atoms with E-state index < -0.39 is 11.8 Å². The van der Waals surface area contributed by atoms with Gasteiger partial charge in [-0.2, -0.15) is 0 Å². The van der Waals surface area contributed by atoms with Crippen molar-refractivity contribution in [1.29, 1.82) is 0 Å². The van der Waals surface area contributed by atoms with Gasteiger partial charge in [0.1, 0.15) is 11.8 Å². The summed E-state index contributed by atoms with van der Waals surface area (Å²) in [5, 5.41) is 2.25. The van der Waals surface area contributed by atoms with Crippen LogP contribution in [0.3, 0.4) is 0 Å². The minimum Gasteiger partial charge on any atom is -0.493 e. The van der Waals surface area contributed by atoms with Gasteiger partial charge in [-0.25, -0.2) is 0 Å². The van der Waals surface area contributed by atoms with Crippen LogP contribution in [0.5, 0.6) is 5.75 Å². The molecule has 2 saturated heterocycles. The number of carbonyl (C=O) groups excluding carboxylic acids is 2. The van der Waals surface area contributed by atoms with Crippen LogP contribution in [-0.4, -0.2) is 41.2 Å². The largest absolute Gasteiger partial charge is 0.493 e. The van der Waals surface area contributed by atoms with E-state index in [9.17, 15) is 9.59 Å². The molecule has 1 aromatic carbocycles. The van der Waals surface area contributed by atoms with E-state index in [2.05, 4.69) is 10.3 Å². The molecule has 0 bridgehead atoms. The van der Waals surface area contributed by atoms with Crippen LogP contribution in [0.25, 0.3) is 0 Å². The van der Waals surface area contributed by atoms with Crippen molar-refractivity contribution in [3.63, 3.8) is 0 Å². The second-order valence-electron chi connectivity index (χ2n) is 7.03. The number of ether oxygens (including phenoxy) is 3. The molecule has 3 heterocycles. The number of pyridine rings is 1. The van der Waals surface area contributed by atoms with Crippen LogP contribution in [0, 0.1) is 0 Å². The molecule has 0 radical (unpaired) electrons. The van der Waals surface area contributed by atoms with Gasteiger partial charge in [0.15, 0.2) is 5.79 Å². The number of amides is 1. The molecule has 0 spiro atoms. The fraction of sp³-hybridized carbons (Fsp3) is 0.381. The Balaban J connectivity index is 1.25. The van der Waals surface area contributed by atoms with Crippen molar-refractivity contribution in [3.05, 3.63) is 59.4 Å². The highest BCUT2D eigenvalue weighted by Crippen LogP contribution is 2.30. The van der Waals surface area contributed by atoms with Crippen molar-refractivity contribution in [2.45, 2.75) is 31.6 Å². The van der Waals surface area contributed by atoms with Gasteiger partial charge in [-0.1, -0.05) is 18.2 Å². The zero-order valence-electron chi connectivity index (χ0n) is 16.1. The number of rotatable bonds is 7. The first-order chi connectivity index (χ1) is 14.0. The predicted octanol–water partition coefficient (Wildman–Crippen LogP) is 2.82. The molecule has 0 unspecified atom stereocenters. The SMILES string of the molecule is CC1(c2ccc(CCOc3ccc(C[C@H]4NC(=O)SC4=O)cc3)nc2)OCCO1. The first kappa shape index (κ1) is 19.9. The van der Waals surface area contributed by atoms with Gasteiger partial charge >= 0.3 is 0 Å². The summed E-state index contributed by atoms with van der Waals surface area (Å²) in [4.78, 5) is 27.4. The Morgan fingerprint density at radius 2 is 1.93 bits per heavy atom. The van der Waals surface area contributed by atoms with Crippen molar-refractivity contribution in [2.24, 2.45) is 0 Å². The van der Waals surface area contributed by atoms with E-state index >= 15 is 0 Å². The lowest BCUT2D eigenvalue weighted by Gasteiger charge is -2.22. The molecule has 1 aromatic heterocycles. The monoisotopic (exact) mass is 414 g/mol. The number of thioether (sulfide) groups is 1. The van der Waals surface area contributed by atoms with Gasteiger partial charge in [0, 0.05) is 42.1 Å². The second-order valence-corrected chi connectivity index (χ2v) is 8.01. The Hall–Kier alpha value is -2.42. The smallest absolute Gasteiger partial charge is 0.287 e. The Bertz CT molecular complexity index is 879. The molecule has 4 rings (SSSR count). The summed E-state index contributed by atoms with van der Waals surface area (Å²) in [6, 6.07) is 11.1. The molecule has 7 nitrogen and oxygen atoms in total. The van der Waals surface area contributed by atoms with Crippen LogP contribution in [0.2, 0.25) is 0 Å². The van der Waals surface area contributed by atoms with E-state index in [1.807, 2.05) is 43.3 Å². The Kier molecular flexibility index (Phi) is 5.84. The van der Waals surface area contributed by atoms with Crippen LogP contribution in [0.15, 0.2) is 42.6 Å². The molecular formula is C21H22N2O5S. The minimum absolute atomic E-state index is 0.131. The number of hydrogen-bond donors (Lipinski definition) is 1. The van der Waals surface area contributed by atoms with E-state index in [0.717, 1.165) is 34.3 Å². The molecule has 152 valence electrons. The zero-order valence-corrected chi connectivity index (χ0v) is 16.9. The number of nitrogens with zero attached hydrogens (tertiary/aromatic N) is 1. The lowest BCUT2D eigenvalue weighted by atomic mass is 10.1. The number of hydrogen-bond acceptors (Lipinski definition) is 7. The van der Waals surface area contributed by atoms with Gasteiger partial charge in [-0.3, -0.25) is 14.6 Å². The molecule has 2 aliphatic heterocycles. The molecule has 0 aliphatic carbocycles. The first-order valence-electron chi connectivity index (χ1n) is 9.49. The molecule has 1 atom stereocenters. The third-order valence-corrected chi connectivity index (χ3v) is 5.74. The average molecular weight is 414 g/mol. The van der Waals surface area contributed by atoms with Gasteiger partial charge in [0.2, 0.25) is 5.12 Å². The van der Waals surface area contributed by atoms with Gasteiger partial charge in [0.25, 0.3) is 5.24 Å². The van der Waals surface area contributed by atoms with Crippen molar-refractivity contribution < 1.29 is 23.8 Å². The first-order valence-corrected chi connectivity index (χ1v) is 10.3. The standard InChI is InChI=1S/C21H22N2O5S/c1-21(27-10-11-28-21)15-4-5-16(22-13-15)8-9-26-17-6-2-14(3-7-17)12-18-19(24)29-20(25)23-18/h2-7,13,18H,8-12H2,1H3,(H,23,25)/t18-/m1/s1. The summed E-state index contributed by atoms with van der Waals surface area (Å²) in [5.41, 5.74) is 2.81. The molecule has 2 aliphatic rings. The van der Waals surface area contributed by atoms with E-state index in [0.29, 0.717) is 32.7 Å². The fourth-order valence-electron chi connectivity index (χ4n) is 3.28. The average Bonchev–Trinajstić information content (AvgIpc) is 3.29. The fourth-order valence-corrected chi connectivity index (χ4v) is 3.95. The maximum absolute atomic E-state index is 11.7. The van der Waals surface area contributed by atoms with E-state index in [-0.39, 0.29) is 10.4 Å². The maximum Gasteiger partial charge on any atom is 0.287 e. The molecule has 2 fully saturated rings. The topological polar surface area (TPSA) is 86.8 Å². The third kappa shape index (κ3) is 4.77.